The van der Waals surface area contributed by atoms with Crippen LogP contribution in [0.2, 0.25) is 0 Å². The number of aliphatic hydroxyl groups excluding tert-OH is 1. The zero-order valence-corrected chi connectivity index (χ0v) is 16.1. The van der Waals surface area contributed by atoms with Crippen LogP contribution in [0.25, 0.3) is 5.76 Å². The Labute approximate surface area is 168 Å². The van der Waals surface area contributed by atoms with Gasteiger partial charge in [0.15, 0.2) is 0 Å². The molecule has 0 aliphatic carbocycles. The number of ketones is 1. The number of methoxy groups -OCH3 is 1. The number of benzene rings is 1. The first-order valence-electron chi connectivity index (χ1n) is 9.10. The lowest BCUT2D eigenvalue weighted by atomic mass is 9.95. The molecule has 0 radical (unpaired) electrons. The van der Waals surface area contributed by atoms with Crippen molar-refractivity contribution < 1.29 is 24.2 Å². The molecule has 7 nitrogen and oxygen atoms in total. The molecule has 1 aliphatic heterocycles. The molecule has 150 valence electrons. The van der Waals surface area contributed by atoms with Crippen LogP contribution < -0.4 is 4.74 Å². The van der Waals surface area contributed by atoms with Crippen molar-refractivity contribution in [2.75, 3.05) is 26.9 Å². The van der Waals surface area contributed by atoms with Gasteiger partial charge in [-0.05, 0) is 29.8 Å². The molecular weight excluding hydrogens is 372 g/mol. The van der Waals surface area contributed by atoms with Crippen LogP contribution in [0.5, 0.6) is 5.75 Å². The normalized spacial score (nSPS) is 18.1. The fraction of sp³-hybridized carbons (Fsp3) is 0.227. The molecule has 2 aromatic rings. The van der Waals surface area contributed by atoms with Crippen molar-refractivity contribution in [3.8, 4) is 5.75 Å². The molecule has 1 unspecified atom stereocenters. The average Bonchev–Trinajstić information content (AvgIpc) is 3.01. The van der Waals surface area contributed by atoms with Gasteiger partial charge in [0.1, 0.15) is 18.1 Å². The summed E-state index contributed by atoms with van der Waals surface area (Å²) in [5.74, 6) is -1.09. The second-order valence-electron chi connectivity index (χ2n) is 6.39. The lowest BCUT2D eigenvalue weighted by molar-refractivity contribution is -0.140. The smallest absolute Gasteiger partial charge is 0.295 e. The average molecular weight is 394 g/mol. The number of likely N-dealkylation sites (tertiary alicyclic amines) is 1. The first kappa shape index (κ1) is 20.3. The SMILES string of the molecule is C=CCOc1cccc(C2/C(=C(/O)c3ccncc3)C(=O)C(=O)N2CCOC)c1. The third-order valence-electron chi connectivity index (χ3n) is 4.57. The third-order valence-corrected chi connectivity index (χ3v) is 4.57. The summed E-state index contributed by atoms with van der Waals surface area (Å²) in [4.78, 5) is 30.9. The molecule has 1 aromatic heterocycles. The number of carbonyl (C=O) groups excluding carboxylic acids is 2. The Bertz CT molecular complexity index is 939. The molecule has 1 aliphatic rings. The highest BCUT2D eigenvalue weighted by molar-refractivity contribution is 6.46. The van der Waals surface area contributed by atoms with Crippen LogP contribution in [0.1, 0.15) is 17.2 Å². The molecule has 1 fully saturated rings. The predicted octanol–water partition coefficient (Wildman–Crippen LogP) is 2.71. The molecule has 1 atom stereocenters. The van der Waals surface area contributed by atoms with Crippen LogP contribution in [0, 0.1) is 0 Å². The number of pyridine rings is 1. The molecular formula is C22H22N2O5. The molecule has 0 bridgehead atoms. The Hall–Kier alpha value is -3.45. The van der Waals surface area contributed by atoms with Gasteiger partial charge < -0.3 is 19.5 Å². The van der Waals surface area contributed by atoms with Crippen molar-refractivity contribution in [1.82, 2.24) is 9.88 Å². The number of aromatic nitrogens is 1. The first-order chi connectivity index (χ1) is 14.1. The van der Waals surface area contributed by atoms with Crippen LogP contribution in [0.4, 0.5) is 0 Å². The van der Waals surface area contributed by atoms with Crippen molar-refractivity contribution in [3.63, 3.8) is 0 Å². The monoisotopic (exact) mass is 394 g/mol. The maximum absolute atomic E-state index is 12.8. The third kappa shape index (κ3) is 4.20. The molecule has 29 heavy (non-hydrogen) atoms. The fourth-order valence-electron chi connectivity index (χ4n) is 3.24. The van der Waals surface area contributed by atoms with Gasteiger partial charge in [-0.3, -0.25) is 14.6 Å². The standard InChI is InChI=1S/C22H22N2O5/c1-3-12-29-17-6-4-5-16(14-17)19-18(20(25)15-7-9-23-10-8-15)21(26)22(27)24(19)11-13-28-2/h3-10,14,19,25H,1,11-13H2,2H3/b20-18-. The summed E-state index contributed by atoms with van der Waals surface area (Å²) in [7, 11) is 1.52. The zero-order chi connectivity index (χ0) is 20.8. The number of hydrogen-bond donors (Lipinski definition) is 1. The zero-order valence-electron chi connectivity index (χ0n) is 16.1. The fourth-order valence-corrected chi connectivity index (χ4v) is 3.24. The van der Waals surface area contributed by atoms with E-state index in [4.69, 9.17) is 9.47 Å². The van der Waals surface area contributed by atoms with E-state index < -0.39 is 17.7 Å². The van der Waals surface area contributed by atoms with E-state index in [1.165, 1.54) is 24.4 Å². The minimum atomic E-state index is -0.759. The van der Waals surface area contributed by atoms with Gasteiger partial charge in [-0.2, -0.15) is 0 Å². The number of hydrogen-bond acceptors (Lipinski definition) is 6. The number of amides is 1. The number of aliphatic hydroxyl groups is 1. The van der Waals surface area contributed by atoms with Gasteiger partial charge in [0, 0.05) is 31.6 Å². The summed E-state index contributed by atoms with van der Waals surface area (Å²) in [6.45, 7) is 4.41. The van der Waals surface area contributed by atoms with Gasteiger partial charge in [0.25, 0.3) is 11.7 Å². The predicted molar refractivity (Wildman–Crippen MR) is 107 cm³/mol. The van der Waals surface area contributed by atoms with Gasteiger partial charge in [-0.15, -0.1) is 0 Å². The van der Waals surface area contributed by atoms with Gasteiger partial charge in [-0.25, -0.2) is 0 Å². The highest BCUT2D eigenvalue weighted by Gasteiger charge is 2.45. The largest absolute Gasteiger partial charge is 0.507 e. The van der Waals surface area contributed by atoms with Crippen LogP contribution in [0.3, 0.4) is 0 Å². The molecule has 1 amide bonds. The molecule has 2 heterocycles. The topological polar surface area (TPSA) is 89.0 Å². The Morgan fingerprint density at radius 2 is 2.03 bits per heavy atom. The molecule has 7 heteroatoms. The second-order valence-corrected chi connectivity index (χ2v) is 6.39. The number of carbonyl (C=O) groups is 2. The van der Waals surface area contributed by atoms with Crippen LogP contribution >= 0.6 is 0 Å². The van der Waals surface area contributed by atoms with E-state index in [9.17, 15) is 14.7 Å². The number of Topliss-reactive ketones (excluding diaryl/α,β-unsaturated/α-hetero) is 1. The maximum Gasteiger partial charge on any atom is 0.295 e. The maximum atomic E-state index is 12.8. The molecule has 1 aromatic carbocycles. The van der Waals surface area contributed by atoms with E-state index in [2.05, 4.69) is 11.6 Å². The second kappa shape index (κ2) is 9.16. The Kier molecular flexibility index (Phi) is 6.41. The highest BCUT2D eigenvalue weighted by atomic mass is 16.5. The van der Waals surface area contributed by atoms with Crippen molar-refractivity contribution in [1.29, 1.82) is 0 Å². The van der Waals surface area contributed by atoms with E-state index in [-0.39, 0.29) is 24.5 Å². The van der Waals surface area contributed by atoms with Crippen LogP contribution in [-0.4, -0.2) is 53.5 Å². The van der Waals surface area contributed by atoms with Gasteiger partial charge >= 0.3 is 0 Å². The minimum absolute atomic E-state index is 0.0261. The quantitative estimate of drug-likeness (QED) is 0.321. The summed E-state index contributed by atoms with van der Waals surface area (Å²) in [5.41, 5.74) is 1.09. The van der Waals surface area contributed by atoms with E-state index >= 15 is 0 Å². The Morgan fingerprint density at radius 1 is 1.28 bits per heavy atom. The first-order valence-corrected chi connectivity index (χ1v) is 9.10. The minimum Gasteiger partial charge on any atom is -0.507 e. The van der Waals surface area contributed by atoms with E-state index in [0.717, 1.165) is 0 Å². The summed E-state index contributed by atoms with van der Waals surface area (Å²) in [6.07, 6.45) is 4.64. The van der Waals surface area contributed by atoms with Crippen molar-refractivity contribution in [3.05, 3.63) is 78.1 Å². The molecule has 3 rings (SSSR count). The van der Waals surface area contributed by atoms with Gasteiger partial charge in [0.05, 0.1) is 18.2 Å². The lowest BCUT2D eigenvalue weighted by Gasteiger charge is -2.25. The van der Waals surface area contributed by atoms with Crippen molar-refractivity contribution >= 4 is 17.4 Å². The number of ether oxygens (including phenoxy) is 2. The summed E-state index contributed by atoms with van der Waals surface area (Å²) in [6, 6.07) is 9.49. The molecule has 1 saturated heterocycles. The number of rotatable bonds is 8. The highest BCUT2D eigenvalue weighted by Crippen LogP contribution is 2.39. The van der Waals surface area contributed by atoms with E-state index in [0.29, 0.717) is 23.5 Å². The summed E-state index contributed by atoms with van der Waals surface area (Å²) in [5, 5.41) is 10.9. The Morgan fingerprint density at radius 3 is 2.72 bits per heavy atom. The summed E-state index contributed by atoms with van der Waals surface area (Å²) < 4.78 is 10.7. The van der Waals surface area contributed by atoms with Crippen LogP contribution in [-0.2, 0) is 14.3 Å². The van der Waals surface area contributed by atoms with Gasteiger partial charge in [-0.1, -0.05) is 24.8 Å². The van der Waals surface area contributed by atoms with E-state index in [1.807, 2.05) is 0 Å². The number of nitrogens with zero attached hydrogens (tertiary/aromatic N) is 2. The molecule has 1 N–H and O–H groups in total. The molecule has 0 spiro atoms. The Balaban J connectivity index is 2.12. The van der Waals surface area contributed by atoms with Crippen LogP contribution in [0.15, 0.2) is 67.0 Å². The van der Waals surface area contributed by atoms with Crippen molar-refractivity contribution in [2.24, 2.45) is 0 Å². The lowest BCUT2D eigenvalue weighted by Crippen LogP contribution is -2.32. The van der Waals surface area contributed by atoms with Crippen molar-refractivity contribution in [2.45, 2.75) is 6.04 Å². The summed E-state index contributed by atoms with van der Waals surface area (Å²) >= 11 is 0. The molecule has 0 saturated carbocycles. The van der Waals surface area contributed by atoms with E-state index in [1.54, 1.807) is 42.5 Å². The van der Waals surface area contributed by atoms with Gasteiger partial charge in [0.2, 0.25) is 0 Å².